The molecular formula is C15H14F3N3O2. The molecule has 0 bridgehead atoms. The summed E-state index contributed by atoms with van der Waals surface area (Å²) in [4.78, 5) is 27.9. The van der Waals surface area contributed by atoms with Crippen molar-refractivity contribution in [1.82, 2.24) is 14.5 Å². The quantitative estimate of drug-likeness (QED) is 0.863. The van der Waals surface area contributed by atoms with Crippen LogP contribution in [0, 0.1) is 0 Å². The Hall–Kier alpha value is -2.64. The van der Waals surface area contributed by atoms with Gasteiger partial charge in [-0.05, 0) is 17.7 Å². The Morgan fingerprint density at radius 3 is 2.43 bits per heavy atom. The number of hydrogen-bond acceptors (Lipinski definition) is 3. The lowest BCUT2D eigenvalue weighted by atomic mass is 10.1. The van der Waals surface area contributed by atoms with Gasteiger partial charge in [0.05, 0.1) is 12.9 Å². The molecule has 0 atom stereocenters. The SMILES string of the molecule is CN(CC(F)(F)F)C(=O)c1ccc(Cn2cnccc2=O)cc1. The highest BCUT2D eigenvalue weighted by Crippen LogP contribution is 2.17. The van der Waals surface area contributed by atoms with Gasteiger partial charge in [-0.25, -0.2) is 4.98 Å². The van der Waals surface area contributed by atoms with E-state index < -0.39 is 18.6 Å². The number of amides is 1. The van der Waals surface area contributed by atoms with Crippen molar-refractivity contribution in [2.24, 2.45) is 0 Å². The molecule has 0 aliphatic heterocycles. The molecule has 2 aromatic rings. The van der Waals surface area contributed by atoms with Crippen molar-refractivity contribution in [1.29, 1.82) is 0 Å². The second-order valence-corrected chi connectivity index (χ2v) is 5.02. The van der Waals surface area contributed by atoms with Gasteiger partial charge in [0.2, 0.25) is 0 Å². The number of alkyl halides is 3. The van der Waals surface area contributed by atoms with Crippen LogP contribution in [0.4, 0.5) is 13.2 Å². The molecule has 2 rings (SSSR count). The van der Waals surface area contributed by atoms with Gasteiger partial charge in [0, 0.05) is 24.9 Å². The monoisotopic (exact) mass is 325 g/mol. The second kappa shape index (κ2) is 6.64. The van der Waals surface area contributed by atoms with Crippen LogP contribution in [0.2, 0.25) is 0 Å². The molecule has 0 aliphatic carbocycles. The number of benzene rings is 1. The van der Waals surface area contributed by atoms with Gasteiger partial charge in [-0.2, -0.15) is 13.2 Å². The maximum Gasteiger partial charge on any atom is 0.406 e. The topological polar surface area (TPSA) is 55.2 Å². The average molecular weight is 325 g/mol. The van der Waals surface area contributed by atoms with E-state index in [2.05, 4.69) is 4.98 Å². The third-order valence-electron chi connectivity index (χ3n) is 3.11. The summed E-state index contributed by atoms with van der Waals surface area (Å²) >= 11 is 0. The molecule has 0 N–H and O–H groups in total. The fourth-order valence-corrected chi connectivity index (χ4v) is 2.01. The predicted molar refractivity (Wildman–Crippen MR) is 77.1 cm³/mol. The third kappa shape index (κ3) is 4.67. The van der Waals surface area contributed by atoms with Crippen LogP contribution in [0.25, 0.3) is 0 Å². The van der Waals surface area contributed by atoms with E-state index >= 15 is 0 Å². The number of halogens is 3. The smallest absolute Gasteiger partial charge is 0.333 e. The largest absolute Gasteiger partial charge is 0.406 e. The molecule has 1 heterocycles. The Labute approximate surface area is 130 Å². The van der Waals surface area contributed by atoms with Crippen molar-refractivity contribution < 1.29 is 18.0 Å². The average Bonchev–Trinajstić information content (AvgIpc) is 2.48. The van der Waals surface area contributed by atoms with Gasteiger partial charge in [0.25, 0.3) is 11.5 Å². The van der Waals surface area contributed by atoms with Crippen LogP contribution in [0.3, 0.4) is 0 Å². The number of carbonyl (C=O) groups is 1. The number of nitrogens with zero attached hydrogens (tertiary/aromatic N) is 3. The molecule has 0 radical (unpaired) electrons. The van der Waals surface area contributed by atoms with Crippen LogP contribution < -0.4 is 5.56 Å². The zero-order valence-corrected chi connectivity index (χ0v) is 12.2. The van der Waals surface area contributed by atoms with Crippen LogP contribution in [-0.2, 0) is 6.54 Å². The summed E-state index contributed by atoms with van der Waals surface area (Å²) in [6.07, 6.45) is -1.67. The van der Waals surface area contributed by atoms with Gasteiger partial charge in [0.15, 0.2) is 0 Å². The highest BCUT2D eigenvalue weighted by molar-refractivity contribution is 5.94. The van der Waals surface area contributed by atoms with Gasteiger partial charge < -0.3 is 4.90 Å². The fourth-order valence-electron chi connectivity index (χ4n) is 2.01. The molecule has 8 heteroatoms. The first kappa shape index (κ1) is 16.7. The van der Waals surface area contributed by atoms with Crippen LogP contribution in [0.1, 0.15) is 15.9 Å². The van der Waals surface area contributed by atoms with Gasteiger partial charge in [0.1, 0.15) is 6.54 Å². The summed E-state index contributed by atoms with van der Waals surface area (Å²) in [7, 11) is 1.10. The molecule has 0 fully saturated rings. The maximum absolute atomic E-state index is 12.3. The van der Waals surface area contributed by atoms with Gasteiger partial charge in [-0.15, -0.1) is 0 Å². The Kier molecular flexibility index (Phi) is 4.83. The first-order chi connectivity index (χ1) is 10.8. The lowest BCUT2D eigenvalue weighted by Crippen LogP contribution is -2.35. The Bertz CT molecular complexity index is 739. The summed E-state index contributed by atoms with van der Waals surface area (Å²) in [6.45, 7) is -1.04. The number of hydrogen-bond donors (Lipinski definition) is 0. The molecule has 0 unspecified atom stereocenters. The second-order valence-electron chi connectivity index (χ2n) is 5.02. The van der Waals surface area contributed by atoms with E-state index in [4.69, 9.17) is 0 Å². The van der Waals surface area contributed by atoms with Crippen molar-refractivity contribution in [3.63, 3.8) is 0 Å². The first-order valence-corrected chi connectivity index (χ1v) is 6.68. The summed E-state index contributed by atoms with van der Waals surface area (Å²) in [5, 5.41) is 0. The van der Waals surface area contributed by atoms with E-state index in [1.54, 1.807) is 12.1 Å². The highest BCUT2D eigenvalue weighted by atomic mass is 19.4. The Morgan fingerprint density at radius 2 is 1.87 bits per heavy atom. The van der Waals surface area contributed by atoms with E-state index in [-0.39, 0.29) is 17.7 Å². The Balaban J connectivity index is 2.09. The maximum atomic E-state index is 12.3. The first-order valence-electron chi connectivity index (χ1n) is 6.68. The molecule has 122 valence electrons. The molecule has 1 aromatic carbocycles. The zero-order chi connectivity index (χ0) is 17.0. The number of aromatic nitrogens is 2. The molecule has 23 heavy (non-hydrogen) atoms. The predicted octanol–water partition coefficient (Wildman–Crippen LogP) is 1.93. The van der Waals surface area contributed by atoms with Crippen molar-refractivity contribution in [2.75, 3.05) is 13.6 Å². The molecule has 0 saturated heterocycles. The van der Waals surface area contributed by atoms with Gasteiger partial charge >= 0.3 is 6.18 Å². The van der Waals surface area contributed by atoms with Crippen LogP contribution in [0.15, 0.2) is 47.7 Å². The van der Waals surface area contributed by atoms with E-state index in [0.717, 1.165) is 12.6 Å². The molecule has 1 aromatic heterocycles. The van der Waals surface area contributed by atoms with Crippen LogP contribution in [0.5, 0.6) is 0 Å². The van der Waals surface area contributed by atoms with Crippen molar-refractivity contribution >= 4 is 5.91 Å². The highest BCUT2D eigenvalue weighted by Gasteiger charge is 2.31. The van der Waals surface area contributed by atoms with E-state index in [1.165, 1.54) is 35.3 Å². The minimum atomic E-state index is -4.44. The molecule has 0 spiro atoms. The number of rotatable bonds is 4. The lowest BCUT2D eigenvalue weighted by Gasteiger charge is -2.19. The third-order valence-corrected chi connectivity index (χ3v) is 3.11. The van der Waals surface area contributed by atoms with Crippen LogP contribution in [-0.4, -0.2) is 40.1 Å². The fraction of sp³-hybridized carbons (Fsp3) is 0.267. The van der Waals surface area contributed by atoms with Gasteiger partial charge in [-0.3, -0.25) is 14.2 Å². The molecular weight excluding hydrogens is 311 g/mol. The van der Waals surface area contributed by atoms with Crippen LogP contribution >= 0.6 is 0 Å². The van der Waals surface area contributed by atoms with Crippen molar-refractivity contribution in [2.45, 2.75) is 12.7 Å². The van der Waals surface area contributed by atoms with Crippen molar-refractivity contribution in [3.8, 4) is 0 Å². The van der Waals surface area contributed by atoms with Gasteiger partial charge in [-0.1, -0.05) is 12.1 Å². The summed E-state index contributed by atoms with van der Waals surface area (Å²) in [6, 6.07) is 7.38. The molecule has 5 nitrogen and oxygen atoms in total. The minimum Gasteiger partial charge on any atom is -0.333 e. The minimum absolute atomic E-state index is 0.152. The Morgan fingerprint density at radius 1 is 1.22 bits per heavy atom. The zero-order valence-electron chi connectivity index (χ0n) is 12.2. The van der Waals surface area contributed by atoms with E-state index in [1.807, 2.05) is 0 Å². The molecule has 0 aliphatic rings. The summed E-state index contributed by atoms with van der Waals surface area (Å²) < 4.78 is 38.3. The van der Waals surface area contributed by atoms with E-state index in [9.17, 15) is 22.8 Å². The number of carbonyl (C=O) groups excluding carboxylic acids is 1. The summed E-state index contributed by atoms with van der Waals surface area (Å²) in [5.74, 6) is -0.715. The molecule has 0 saturated carbocycles. The van der Waals surface area contributed by atoms with E-state index in [0.29, 0.717) is 4.90 Å². The normalized spacial score (nSPS) is 11.3. The lowest BCUT2D eigenvalue weighted by molar-refractivity contribution is -0.138. The molecule has 1 amide bonds. The van der Waals surface area contributed by atoms with Crippen molar-refractivity contribution in [3.05, 3.63) is 64.3 Å². The summed E-state index contributed by atoms with van der Waals surface area (Å²) in [5.41, 5.74) is 0.666. The standard InChI is InChI=1S/C15H14F3N3O2/c1-20(9-15(16,17)18)14(23)12-4-2-11(3-5-12)8-21-10-19-7-6-13(21)22/h2-7,10H,8-9H2,1H3.